The van der Waals surface area contributed by atoms with E-state index >= 15 is 0 Å². The molecule has 2 aromatic rings. The van der Waals surface area contributed by atoms with Crippen LogP contribution in [-0.4, -0.2) is 52.0 Å². The number of aromatic nitrogens is 1. The van der Waals surface area contributed by atoms with Gasteiger partial charge < -0.3 is 15.2 Å². The van der Waals surface area contributed by atoms with Crippen molar-refractivity contribution in [3.05, 3.63) is 48.3 Å². The summed E-state index contributed by atoms with van der Waals surface area (Å²) >= 11 is 0. The molecule has 0 bridgehead atoms. The van der Waals surface area contributed by atoms with Gasteiger partial charge in [0.1, 0.15) is 0 Å². The van der Waals surface area contributed by atoms with Gasteiger partial charge in [-0.25, -0.2) is 16.8 Å². The van der Waals surface area contributed by atoms with E-state index in [0.29, 0.717) is 15.0 Å². The zero-order valence-corrected chi connectivity index (χ0v) is 16.5. The predicted molar refractivity (Wildman–Crippen MR) is 99.4 cm³/mol. The maximum Gasteiger partial charge on any atom is 0.256 e. The Morgan fingerprint density at radius 1 is 1.07 bits per heavy atom. The first-order valence-electron chi connectivity index (χ1n) is 7.83. The molecule has 0 saturated carbocycles. The quantitative estimate of drug-likeness (QED) is 0.630. The lowest BCUT2D eigenvalue weighted by atomic mass is 10.3. The van der Waals surface area contributed by atoms with Crippen molar-refractivity contribution in [1.82, 2.24) is 8.69 Å². The normalized spacial score (nSPS) is 12.1. The van der Waals surface area contributed by atoms with E-state index in [2.05, 4.69) is 4.98 Å². The first kappa shape index (κ1) is 21.1. The van der Waals surface area contributed by atoms with Gasteiger partial charge in [-0.05, 0) is 23.8 Å². The SMILES string of the molecule is COc1ccc(S(=O)(=O)N(Cc2cccnc2)S(=O)(=O)CCN)cc1OC. The van der Waals surface area contributed by atoms with Gasteiger partial charge in [0, 0.05) is 25.0 Å². The zero-order valence-electron chi connectivity index (χ0n) is 14.9. The van der Waals surface area contributed by atoms with E-state index in [0.717, 1.165) is 0 Å². The number of ether oxygens (including phenoxy) is 2. The van der Waals surface area contributed by atoms with Crippen molar-refractivity contribution in [1.29, 1.82) is 0 Å². The van der Waals surface area contributed by atoms with Crippen LogP contribution >= 0.6 is 0 Å². The molecule has 0 saturated heterocycles. The fourth-order valence-corrected chi connectivity index (χ4v) is 5.89. The fraction of sp³-hybridized carbons (Fsp3) is 0.312. The predicted octanol–water partition coefficient (Wildman–Crippen LogP) is 0.578. The van der Waals surface area contributed by atoms with Crippen molar-refractivity contribution in [2.24, 2.45) is 5.73 Å². The lowest BCUT2D eigenvalue weighted by Gasteiger charge is -2.22. The minimum atomic E-state index is -4.41. The van der Waals surface area contributed by atoms with E-state index in [1.807, 2.05) is 0 Å². The topological polar surface area (TPSA) is 129 Å². The molecule has 1 aromatic carbocycles. The van der Waals surface area contributed by atoms with Gasteiger partial charge in [0.05, 0.1) is 31.4 Å². The molecule has 0 aliphatic rings. The summed E-state index contributed by atoms with van der Waals surface area (Å²) in [7, 11) is -5.84. The molecular formula is C16H21N3O6S2. The molecule has 1 aromatic heterocycles. The molecule has 2 rings (SSSR count). The monoisotopic (exact) mass is 415 g/mol. The number of hydrogen-bond acceptors (Lipinski definition) is 8. The first-order valence-corrected chi connectivity index (χ1v) is 10.9. The van der Waals surface area contributed by atoms with Gasteiger partial charge in [-0.1, -0.05) is 9.78 Å². The molecule has 0 fully saturated rings. The van der Waals surface area contributed by atoms with Crippen molar-refractivity contribution in [2.45, 2.75) is 11.4 Å². The van der Waals surface area contributed by atoms with Crippen molar-refractivity contribution < 1.29 is 26.3 Å². The Kier molecular flexibility index (Phi) is 6.76. The van der Waals surface area contributed by atoms with Gasteiger partial charge in [0.2, 0.25) is 10.0 Å². The number of pyridine rings is 1. The average Bonchev–Trinajstić information content (AvgIpc) is 2.66. The molecular weight excluding hydrogens is 394 g/mol. The Hall–Kier alpha value is -2.21. The molecule has 0 spiro atoms. The summed E-state index contributed by atoms with van der Waals surface area (Å²) in [5, 5.41) is 0. The van der Waals surface area contributed by atoms with Crippen LogP contribution in [0, 0.1) is 0 Å². The third kappa shape index (κ3) is 4.75. The van der Waals surface area contributed by atoms with Crippen LogP contribution < -0.4 is 15.2 Å². The summed E-state index contributed by atoms with van der Waals surface area (Å²) in [4.78, 5) is 3.65. The van der Waals surface area contributed by atoms with Crippen LogP contribution in [0.15, 0.2) is 47.6 Å². The second-order valence-electron chi connectivity index (χ2n) is 5.42. The van der Waals surface area contributed by atoms with Gasteiger partial charge in [0.15, 0.2) is 11.5 Å². The van der Waals surface area contributed by atoms with Crippen LogP contribution in [-0.2, 0) is 26.6 Å². The Morgan fingerprint density at radius 3 is 2.33 bits per heavy atom. The molecule has 9 nitrogen and oxygen atoms in total. The summed E-state index contributed by atoms with van der Waals surface area (Å²) in [6.07, 6.45) is 2.90. The minimum absolute atomic E-state index is 0.163. The van der Waals surface area contributed by atoms with E-state index < -0.39 is 32.3 Å². The van der Waals surface area contributed by atoms with Crippen LogP contribution in [0.5, 0.6) is 11.5 Å². The molecule has 0 unspecified atom stereocenters. The lowest BCUT2D eigenvalue weighted by molar-refractivity contribution is 0.353. The first-order chi connectivity index (χ1) is 12.8. The number of benzene rings is 1. The highest BCUT2D eigenvalue weighted by molar-refractivity contribution is 8.04. The Balaban J connectivity index is 2.56. The summed E-state index contributed by atoms with van der Waals surface area (Å²) in [5.41, 5.74) is 5.78. The summed E-state index contributed by atoms with van der Waals surface area (Å²) in [5.74, 6) is -0.0315. The van der Waals surface area contributed by atoms with Crippen molar-refractivity contribution in [3.8, 4) is 11.5 Å². The lowest BCUT2D eigenvalue weighted by Crippen LogP contribution is -2.39. The number of nitrogens with two attached hydrogens (primary N) is 1. The van der Waals surface area contributed by atoms with Crippen molar-refractivity contribution >= 4 is 20.0 Å². The van der Waals surface area contributed by atoms with Crippen LogP contribution in [0.25, 0.3) is 0 Å². The van der Waals surface area contributed by atoms with E-state index in [4.69, 9.17) is 15.2 Å². The second-order valence-corrected chi connectivity index (χ2v) is 9.52. The molecule has 0 aliphatic carbocycles. The average molecular weight is 415 g/mol. The summed E-state index contributed by atoms with van der Waals surface area (Å²) < 4.78 is 62.1. The van der Waals surface area contributed by atoms with E-state index in [1.165, 1.54) is 44.8 Å². The van der Waals surface area contributed by atoms with Gasteiger partial charge in [0.25, 0.3) is 10.0 Å². The zero-order chi connectivity index (χ0) is 20.1. The minimum Gasteiger partial charge on any atom is -0.493 e. The smallest absolute Gasteiger partial charge is 0.256 e. The molecule has 27 heavy (non-hydrogen) atoms. The Labute approximate surface area is 158 Å². The molecule has 148 valence electrons. The standard InChI is InChI=1S/C16H21N3O6S2/c1-24-15-6-5-14(10-16(15)25-2)27(22,23)19(26(20,21)9-7-17)12-13-4-3-8-18-11-13/h3-6,8,10-11H,7,9,12,17H2,1-2H3. The summed E-state index contributed by atoms with van der Waals surface area (Å²) in [6, 6.07) is 7.03. The molecule has 0 aliphatic heterocycles. The second kappa shape index (κ2) is 8.65. The molecule has 2 N–H and O–H groups in total. The van der Waals surface area contributed by atoms with Crippen LogP contribution in [0.1, 0.15) is 5.56 Å². The Bertz CT molecular complexity index is 978. The molecule has 0 radical (unpaired) electrons. The van der Waals surface area contributed by atoms with Gasteiger partial charge in [-0.2, -0.15) is 0 Å². The van der Waals surface area contributed by atoms with Crippen LogP contribution in [0.3, 0.4) is 0 Å². The van der Waals surface area contributed by atoms with Crippen molar-refractivity contribution in [2.75, 3.05) is 26.5 Å². The van der Waals surface area contributed by atoms with Crippen molar-refractivity contribution in [3.63, 3.8) is 0 Å². The number of nitrogens with zero attached hydrogens (tertiary/aromatic N) is 2. The number of methoxy groups -OCH3 is 2. The molecule has 0 amide bonds. The summed E-state index contributed by atoms with van der Waals surface area (Å²) in [6.45, 7) is -0.611. The number of hydrogen-bond donors (Lipinski definition) is 1. The molecule has 1 heterocycles. The fourth-order valence-electron chi connectivity index (χ4n) is 2.32. The maximum atomic E-state index is 13.1. The third-order valence-electron chi connectivity index (χ3n) is 3.64. The largest absolute Gasteiger partial charge is 0.493 e. The molecule has 11 heteroatoms. The van der Waals surface area contributed by atoms with Gasteiger partial charge in [-0.15, -0.1) is 0 Å². The van der Waals surface area contributed by atoms with Gasteiger partial charge >= 0.3 is 0 Å². The van der Waals surface area contributed by atoms with E-state index in [-0.39, 0.29) is 17.2 Å². The maximum absolute atomic E-state index is 13.1. The number of sulfonamides is 2. The van der Waals surface area contributed by atoms with Crippen LogP contribution in [0.4, 0.5) is 0 Å². The highest BCUT2D eigenvalue weighted by Gasteiger charge is 2.35. The highest BCUT2D eigenvalue weighted by Crippen LogP contribution is 2.31. The third-order valence-corrected chi connectivity index (χ3v) is 7.93. The van der Waals surface area contributed by atoms with Gasteiger partial charge in [-0.3, -0.25) is 4.98 Å². The molecule has 0 atom stereocenters. The van der Waals surface area contributed by atoms with E-state index in [9.17, 15) is 16.8 Å². The highest BCUT2D eigenvalue weighted by atomic mass is 32.3. The van der Waals surface area contributed by atoms with Crippen LogP contribution in [0.2, 0.25) is 0 Å². The number of rotatable bonds is 9. The van der Waals surface area contributed by atoms with E-state index in [1.54, 1.807) is 12.1 Å². The Morgan fingerprint density at radius 2 is 1.78 bits per heavy atom.